The van der Waals surface area contributed by atoms with Gasteiger partial charge in [0.2, 0.25) is 5.88 Å². The van der Waals surface area contributed by atoms with Gasteiger partial charge in [-0.15, -0.1) is 0 Å². The summed E-state index contributed by atoms with van der Waals surface area (Å²) in [6.45, 7) is 2.66. The summed E-state index contributed by atoms with van der Waals surface area (Å²) >= 11 is 0. The highest BCUT2D eigenvalue weighted by atomic mass is 19.4. The number of pyridine rings is 2. The molecular formula is C40H37F5N6O6. The molecule has 12 nitrogen and oxygen atoms in total. The van der Waals surface area contributed by atoms with Crippen molar-refractivity contribution in [3.8, 4) is 28.5 Å². The molecule has 4 heterocycles. The van der Waals surface area contributed by atoms with Crippen LogP contribution >= 0.6 is 0 Å². The average Bonchev–Trinajstić information content (AvgIpc) is 3.44. The van der Waals surface area contributed by atoms with E-state index in [1.807, 2.05) is 0 Å². The number of hydrogen-bond donors (Lipinski definition) is 2. The zero-order valence-electron chi connectivity index (χ0n) is 30.4. The fraction of sp³-hybridized carbons (Fsp3) is 0.325. The van der Waals surface area contributed by atoms with Gasteiger partial charge in [0.25, 0.3) is 11.8 Å². The number of rotatable bonds is 10. The number of aromatic nitrogens is 3. The third-order valence-corrected chi connectivity index (χ3v) is 9.69. The molecular weight excluding hydrogens is 755 g/mol. The number of halogens is 5. The lowest BCUT2D eigenvalue weighted by atomic mass is 9.91. The van der Waals surface area contributed by atoms with Crippen molar-refractivity contribution in [1.29, 1.82) is 0 Å². The molecule has 2 N–H and O–H groups in total. The highest BCUT2D eigenvalue weighted by Crippen LogP contribution is 2.34. The molecule has 1 saturated heterocycles. The molecule has 0 bridgehead atoms. The van der Waals surface area contributed by atoms with Gasteiger partial charge in [-0.05, 0) is 91.3 Å². The predicted molar refractivity (Wildman–Crippen MR) is 195 cm³/mol. The molecule has 2 aliphatic rings. The monoisotopic (exact) mass is 792 g/mol. The molecule has 1 saturated carbocycles. The van der Waals surface area contributed by atoms with Gasteiger partial charge in [-0.3, -0.25) is 14.5 Å². The van der Waals surface area contributed by atoms with E-state index in [4.69, 9.17) is 9.47 Å². The minimum Gasteiger partial charge on any atom is -0.438 e. The van der Waals surface area contributed by atoms with Gasteiger partial charge < -0.3 is 29.2 Å². The van der Waals surface area contributed by atoms with E-state index >= 15 is 0 Å². The Bertz CT molecular complexity index is 2270. The molecule has 2 aromatic carbocycles. The topological polar surface area (TPSA) is 136 Å². The maximum absolute atomic E-state index is 14.5. The second-order valence-corrected chi connectivity index (χ2v) is 13.8. The highest BCUT2D eigenvalue weighted by Gasteiger charge is 2.41. The molecule has 2 fully saturated rings. The zero-order valence-corrected chi connectivity index (χ0v) is 30.4. The van der Waals surface area contributed by atoms with Gasteiger partial charge >= 0.3 is 12.1 Å². The van der Waals surface area contributed by atoms with E-state index in [0.717, 1.165) is 18.7 Å². The van der Waals surface area contributed by atoms with Crippen LogP contribution < -0.4 is 20.1 Å². The summed E-state index contributed by atoms with van der Waals surface area (Å²) in [5.41, 5.74) is 2.27. The Morgan fingerprint density at radius 1 is 0.842 bits per heavy atom. The number of ether oxygens (including phenoxy) is 3. The van der Waals surface area contributed by atoms with Crippen LogP contribution in [0.2, 0.25) is 0 Å². The summed E-state index contributed by atoms with van der Waals surface area (Å²) in [4.78, 5) is 48.4. The zero-order chi connectivity index (χ0) is 40.1. The van der Waals surface area contributed by atoms with Crippen LogP contribution in [0.4, 0.5) is 22.0 Å². The van der Waals surface area contributed by atoms with Crippen LogP contribution in [-0.2, 0) is 16.1 Å². The maximum atomic E-state index is 14.5. The van der Waals surface area contributed by atoms with E-state index in [1.165, 1.54) is 41.1 Å². The Morgan fingerprint density at radius 3 is 2.39 bits per heavy atom. The Hall–Kier alpha value is -5.94. The number of nitrogens with one attached hydrogen (secondary N) is 2. The van der Waals surface area contributed by atoms with Crippen LogP contribution in [0.1, 0.15) is 58.5 Å². The Labute approximate surface area is 322 Å². The standard InChI is InChI=1S/C40H37F5N6O6/c41-26-5-12-35-49-34(23-51(35)22-26)37(53)48-29-8-6-28(7-9-29)47-36(52)33-19-27(42)20-46-38(33)56-30-4-1-3-24(17-30)32-11-10-31(57-39(54)40(43,44)45)18-25(32)21-50-13-2-15-55-16-14-50/h1,3-5,10-12,17-20,22-23,28-29H,2,6-9,13-16,21H2,(H,47,52)(H,48,53)/t28-,29-. The first-order chi connectivity index (χ1) is 27.4. The van der Waals surface area contributed by atoms with Crippen LogP contribution in [0.25, 0.3) is 16.8 Å². The highest BCUT2D eigenvalue weighted by molar-refractivity contribution is 5.96. The molecule has 1 aliphatic heterocycles. The Balaban J connectivity index is 1.02. The van der Waals surface area contributed by atoms with Crippen LogP contribution in [-0.4, -0.2) is 81.6 Å². The van der Waals surface area contributed by atoms with Crippen molar-refractivity contribution >= 4 is 23.4 Å². The average molecular weight is 793 g/mol. The van der Waals surface area contributed by atoms with E-state index in [9.17, 15) is 36.3 Å². The van der Waals surface area contributed by atoms with Gasteiger partial charge in [0.1, 0.15) is 40.0 Å². The first kappa shape index (κ1) is 39.3. The number of fused-ring (bicyclic) bond motifs is 1. The fourth-order valence-electron chi connectivity index (χ4n) is 6.90. The van der Waals surface area contributed by atoms with E-state index in [-0.39, 0.29) is 40.7 Å². The number of esters is 1. The minimum atomic E-state index is -5.17. The molecule has 17 heteroatoms. The van der Waals surface area contributed by atoms with E-state index in [2.05, 4.69) is 30.2 Å². The van der Waals surface area contributed by atoms with Gasteiger partial charge in [-0.2, -0.15) is 13.2 Å². The van der Waals surface area contributed by atoms with Crippen molar-refractivity contribution in [3.63, 3.8) is 0 Å². The Kier molecular flexibility index (Phi) is 11.8. The lowest BCUT2D eigenvalue weighted by molar-refractivity contribution is -0.189. The summed E-state index contributed by atoms with van der Waals surface area (Å²) in [6, 6.07) is 14.2. The number of alkyl halides is 3. The summed E-state index contributed by atoms with van der Waals surface area (Å²) in [6.07, 6.45) is 1.35. The molecule has 2 amide bonds. The van der Waals surface area contributed by atoms with Gasteiger partial charge in [0, 0.05) is 50.7 Å². The lowest BCUT2D eigenvalue weighted by Gasteiger charge is -2.29. The number of carbonyl (C=O) groups is 3. The van der Waals surface area contributed by atoms with E-state index < -0.39 is 35.6 Å². The first-order valence-corrected chi connectivity index (χ1v) is 18.3. The molecule has 5 aromatic rings. The largest absolute Gasteiger partial charge is 0.491 e. The Morgan fingerprint density at radius 2 is 1.61 bits per heavy atom. The van der Waals surface area contributed by atoms with Gasteiger partial charge in [-0.25, -0.2) is 23.5 Å². The molecule has 298 valence electrons. The van der Waals surface area contributed by atoms with Crippen molar-refractivity contribution in [3.05, 3.63) is 108 Å². The molecule has 3 aromatic heterocycles. The molecule has 1 aliphatic carbocycles. The molecule has 0 unspecified atom stereocenters. The normalized spacial score (nSPS) is 17.8. The number of benzene rings is 2. The van der Waals surface area contributed by atoms with Gasteiger partial charge in [-0.1, -0.05) is 18.2 Å². The summed E-state index contributed by atoms with van der Waals surface area (Å²) < 4.78 is 84.7. The fourth-order valence-corrected chi connectivity index (χ4v) is 6.90. The van der Waals surface area contributed by atoms with Crippen LogP contribution in [0.15, 0.2) is 79.3 Å². The third-order valence-electron chi connectivity index (χ3n) is 9.69. The number of amides is 2. The van der Waals surface area contributed by atoms with Crippen molar-refractivity contribution < 1.29 is 50.5 Å². The molecule has 0 spiro atoms. The third kappa shape index (κ3) is 9.90. The van der Waals surface area contributed by atoms with Crippen molar-refractivity contribution in [2.45, 2.75) is 56.9 Å². The molecule has 0 atom stereocenters. The van der Waals surface area contributed by atoms with Crippen molar-refractivity contribution in [2.24, 2.45) is 0 Å². The number of carbonyl (C=O) groups excluding carboxylic acids is 3. The number of imidazole rings is 1. The van der Waals surface area contributed by atoms with Gasteiger partial charge in [0.15, 0.2) is 0 Å². The summed E-state index contributed by atoms with van der Waals surface area (Å²) in [5.74, 6) is -4.71. The summed E-state index contributed by atoms with van der Waals surface area (Å²) in [5, 5.41) is 5.87. The first-order valence-electron chi connectivity index (χ1n) is 18.3. The van der Waals surface area contributed by atoms with Crippen molar-refractivity contribution in [2.75, 3.05) is 26.3 Å². The number of hydrogen-bond acceptors (Lipinski definition) is 9. The quantitative estimate of drug-likeness (QED) is 0.0908. The molecule has 0 radical (unpaired) electrons. The smallest absolute Gasteiger partial charge is 0.438 e. The second-order valence-electron chi connectivity index (χ2n) is 13.8. The predicted octanol–water partition coefficient (Wildman–Crippen LogP) is 6.63. The molecule has 57 heavy (non-hydrogen) atoms. The van der Waals surface area contributed by atoms with Crippen molar-refractivity contribution in [1.82, 2.24) is 29.9 Å². The van der Waals surface area contributed by atoms with Crippen LogP contribution in [0.5, 0.6) is 17.4 Å². The number of nitrogens with zero attached hydrogens (tertiary/aromatic N) is 4. The van der Waals surface area contributed by atoms with E-state index in [0.29, 0.717) is 80.9 Å². The lowest BCUT2D eigenvalue weighted by Crippen LogP contribution is -2.44. The van der Waals surface area contributed by atoms with Crippen LogP contribution in [0.3, 0.4) is 0 Å². The minimum absolute atomic E-state index is 0.140. The maximum Gasteiger partial charge on any atom is 0.491 e. The van der Waals surface area contributed by atoms with Gasteiger partial charge in [0.05, 0.1) is 12.8 Å². The summed E-state index contributed by atoms with van der Waals surface area (Å²) in [7, 11) is 0. The SMILES string of the molecule is O=C(N[C@H]1CC[C@H](NC(=O)c2cc(F)cnc2Oc2cccc(-c3ccc(OC(=O)C(F)(F)F)cc3CN3CCCOCC3)c2)CC1)c1cn2cc(F)ccc2n1. The van der Waals surface area contributed by atoms with Crippen LogP contribution in [0, 0.1) is 11.6 Å². The second kappa shape index (κ2) is 17.1. The molecule has 7 rings (SSSR count). The van der Waals surface area contributed by atoms with E-state index in [1.54, 1.807) is 30.3 Å².